The van der Waals surface area contributed by atoms with E-state index in [0.717, 1.165) is 34.6 Å². The Bertz CT molecular complexity index is 502. The van der Waals surface area contributed by atoms with Gasteiger partial charge in [-0.3, -0.25) is 4.98 Å². The number of hydrogen-bond donors (Lipinski definition) is 1. The van der Waals surface area contributed by atoms with Crippen LogP contribution in [0.5, 0.6) is 5.75 Å². The van der Waals surface area contributed by atoms with E-state index in [2.05, 4.69) is 45.3 Å². The molecule has 0 saturated heterocycles. The molecule has 0 fully saturated rings. The quantitative estimate of drug-likeness (QED) is 0.774. The van der Waals surface area contributed by atoms with Crippen LogP contribution < -0.4 is 10.1 Å². The fraction of sp³-hybridized carbons (Fsp3) is 0.357. The molecule has 3 nitrogen and oxygen atoms in total. The summed E-state index contributed by atoms with van der Waals surface area (Å²) in [5.74, 6) is 0.868. The number of rotatable bonds is 7. The third kappa shape index (κ3) is 4.60. The Balaban J connectivity index is 1.91. The summed E-state index contributed by atoms with van der Waals surface area (Å²) in [4.78, 5) is 5.16. The zero-order valence-electron chi connectivity index (χ0n) is 10.9. The lowest BCUT2D eigenvalue weighted by Gasteiger charge is -2.09. The summed E-state index contributed by atoms with van der Waals surface area (Å²) in [6.07, 6.45) is 2.98. The van der Waals surface area contributed by atoms with E-state index in [1.54, 1.807) is 11.3 Å². The number of halogens is 1. The van der Waals surface area contributed by atoms with Gasteiger partial charge in [-0.15, -0.1) is 11.3 Å². The van der Waals surface area contributed by atoms with Gasteiger partial charge in [-0.2, -0.15) is 0 Å². The second kappa shape index (κ2) is 7.62. The van der Waals surface area contributed by atoms with Crippen LogP contribution in [0, 0.1) is 0 Å². The van der Waals surface area contributed by atoms with Crippen LogP contribution in [0.15, 0.2) is 34.4 Å². The summed E-state index contributed by atoms with van der Waals surface area (Å²) in [7, 11) is 0. The molecule has 1 N–H and O–H groups in total. The Kier molecular flexibility index (Phi) is 5.82. The van der Waals surface area contributed by atoms with Crippen molar-refractivity contribution in [2.24, 2.45) is 0 Å². The van der Waals surface area contributed by atoms with Gasteiger partial charge in [0.05, 0.1) is 14.9 Å². The molecule has 0 saturated carbocycles. The first-order valence-electron chi connectivity index (χ1n) is 6.29. The summed E-state index contributed by atoms with van der Waals surface area (Å²) < 4.78 is 6.76. The fourth-order valence-electron chi connectivity index (χ4n) is 1.64. The van der Waals surface area contributed by atoms with E-state index in [1.807, 2.05) is 17.8 Å². The third-order valence-electron chi connectivity index (χ3n) is 2.61. The monoisotopic (exact) mass is 340 g/mol. The second-order valence-electron chi connectivity index (χ2n) is 4.20. The Labute approximate surface area is 126 Å². The zero-order valence-corrected chi connectivity index (χ0v) is 13.3. The Morgan fingerprint density at radius 3 is 3.00 bits per heavy atom. The van der Waals surface area contributed by atoms with Gasteiger partial charge in [-0.1, -0.05) is 13.0 Å². The van der Waals surface area contributed by atoms with Crippen molar-refractivity contribution < 1.29 is 4.74 Å². The van der Waals surface area contributed by atoms with Crippen molar-refractivity contribution in [3.63, 3.8) is 0 Å². The van der Waals surface area contributed by atoms with Crippen molar-refractivity contribution in [2.75, 3.05) is 6.54 Å². The average Bonchev–Trinajstić information content (AvgIpc) is 2.91. The van der Waals surface area contributed by atoms with Crippen molar-refractivity contribution in [1.82, 2.24) is 10.3 Å². The minimum absolute atomic E-state index is 0.566. The smallest absolute Gasteiger partial charge is 0.134 e. The Morgan fingerprint density at radius 2 is 2.32 bits per heavy atom. The lowest BCUT2D eigenvalue weighted by atomic mass is 10.2. The van der Waals surface area contributed by atoms with E-state index in [1.165, 1.54) is 5.56 Å². The highest BCUT2D eigenvalue weighted by atomic mass is 79.9. The van der Waals surface area contributed by atoms with Crippen LogP contribution in [0.1, 0.15) is 23.8 Å². The molecule has 0 bridgehead atoms. The van der Waals surface area contributed by atoms with Gasteiger partial charge >= 0.3 is 0 Å². The summed E-state index contributed by atoms with van der Waals surface area (Å²) in [5.41, 5.74) is 3.07. The topological polar surface area (TPSA) is 34.1 Å². The van der Waals surface area contributed by atoms with E-state index in [4.69, 9.17) is 4.74 Å². The molecule has 0 aliphatic carbocycles. The lowest BCUT2D eigenvalue weighted by molar-refractivity contribution is 0.307. The van der Waals surface area contributed by atoms with E-state index in [-0.39, 0.29) is 0 Å². The molecule has 0 aliphatic heterocycles. The highest BCUT2D eigenvalue weighted by molar-refractivity contribution is 9.10. The molecule has 0 radical (unpaired) electrons. The number of aromatic nitrogens is 1. The molecule has 0 aliphatic rings. The maximum Gasteiger partial charge on any atom is 0.134 e. The third-order valence-corrected chi connectivity index (χ3v) is 3.98. The molecule has 0 spiro atoms. The number of hydrogen-bond acceptors (Lipinski definition) is 4. The number of thiazole rings is 1. The Hall–Kier alpha value is -0.910. The molecule has 1 aromatic heterocycles. The predicted octanol–water partition coefficient (Wildman–Crippen LogP) is 3.98. The number of benzene rings is 1. The van der Waals surface area contributed by atoms with Crippen LogP contribution >= 0.6 is 27.3 Å². The van der Waals surface area contributed by atoms with Gasteiger partial charge < -0.3 is 10.1 Å². The normalized spacial score (nSPS) is 10.6. The second-order valence-corrected chi connectivity index (χ2v) is 6.02. The maximum absolute atomic E-state index is 5.76. The molecule has 1 aromatic carbocycles. The van der Waals surface area contributed by atoms with Crippen LogP contribution in [-0.2, 0) is 13.2 Å². The zero-order chi connectivity index (χ0) is 13.5. The molecule has 1 heterocycles. The average molecular weight is 341 g/mol. The molecule has 102 valence electrons. The van der Waals surface area contributed by atoms with Crippen molar-refractivity contribution in [3.05, 3.63) is 44.8 Å². The van der Waals surface area contributed by atoms with E-state index in [9.17, 15) is 0 Å². The van der Waals surface area contributed by atoms with Gasteiger partial charge in [-0.25, -0.2) is 0 Å². The SMILES string of the molecule is CCCNCc1ccc(OCc2cncs2)c(Br)c1. The molecule has 19 heavy (non-hydrogen) atoms. The van der Waals surface area contributed by atoms with E-state index in [0.29, 0.717) is 6.61 Å². The highest BCUT2D eigenvalue weighted by Crippen LogP contribution is 2.27. The van der Waals surface area contributed by atoms with Gasteiger partial charge in [0.25, 0.3) is 0 Å². The van der Waals surface area contributed by atoms with Crippen LogP contribution in [-0.4, -0.2) is 11.5 Å². The van der Waals surface area contributed by atoms with E-state index >= 15 is 0 Å². The first-order valence-corrected chi connectivity index (χ1v) is 7.96. The first kappa shape index (κ1) is 14.5. The van der Waals surface area contributed by atoms with Gasteiger partial charge in [0.15, 0.2) is 0 Å². The Morgan fingerprint density at radius 1 is 1.42 bits per heavy atom. The number of nitrogens with one attached hydrogen (secondary N) is 1. The lowest BCUT2D eigenvalue weighted by Crippen LogP contribution is -2.13. The van der Waals surface area contributed by atoms with Crippen LogP contribution in [0.25, 0.3) is 0 Å². The van der Waals surface area contributed by atoms with Gasteiger partial charge in [0.1, 0.15) is 12.4 Å². The molecule has 5 heteroatoms. The largest absolute Gasteiger partial charge is 0.487 e. The minimum Gasteiger partial charge on any atom is -0.487 e. The maximum atomic E-state index is 5.76. The summed E-state index contributed by atoms with van der Waals surface area (Å²) in [6, 6.07) is 6.20. The summed E-state index contributed by atoms with van der Waals surface area (Å²) in [5, 5.41) is 3.38. The number of nitrogens with zero attached hydrogens (tertiary/aromatic N) is 1. The van der Waals surface area contributed by atoms with Gasteiger partial charge in [-0.05, 0) is 46.6 Å². The van der Waals surface area contributed by atoms with Crippen LogP contribution in [0.2, 0.25) is 0 Å². The van der Waals surface area contributed by atoms with Crippen molar-refractivity contribution >= 4 is 27.3 Å². The summed E-state index contributed by atoms with van der Waals surface area (Å²) >= 11 is 5.16. The molecular formula is C14H17BrN2OS. The molecule has 0 atom stereocenters. The molecule has 2 aromatic rings. The molecule has 2 rings (SSSR count). The summed E-state index contributed by atoms with van der Waals surface area (Å²) in [6.45, 7) is 4.67. The van der Waals surface area contributed by atoms with E-state index < -0.39 is 0 Å². The van der Waals surface area contributed by atoms with Gasteiger partial charge in [0, 0.05) is 12.7 Å². The predicted molar refractivity (Wildman–Crippen MR) is 82.6 cm³/mol. The van der Waals surface area contributed by atoms with Gasteiger partial charge in [0.2, 0.25) is 0 Å². The molecular weight excluding hydrogens is 324 g/mol. The van der Waals surface area contributed by atoms with Crippen LogP contribution in [0.4, 0.5) is 0 Å². The van der Waals surface area contributed by atoms with Crippen LogP contribution in [0.3, 0.4) is 0 Å². The highest BCUT2D eigenvalue weighted by Gasteiger charge is 2.04. The number of ether oxygens (including phenoxy) is 1. The van der Waals surface area contributed by atoms with Crippen molar-refractivity contribution in [1.29, 1.82) is 0 Å². The fourth-order valence-corrected chi connectivity index (χ4v) is 2.69. The minimum atomic E-state index is 0.566. The van der Waals surface area contributed by atoms with Crippen molar-refractivity contribution in [3.8, 4) is 5.75 Å². The van der Waals surface area contributed by atoms with Crippen molar-refractivity contribution in [2.45, 2.75) is 26.5 Å². The molecule has 0 amide bonds. The molecule has 0 unspecified atom stereocenters. The first-order chi connectivity index (χ1) is 9.29. The standard InChI is InChI=1S/C14H17BrN2OS/c1-2-5-16-7-11-3-4-14(13(15)6-11)18-9-12-8-17-10-19-12/h3-4,6,8,10,16H,2,5,7,9H2,1H3.